The zero-order chi connectivity index (χ0) is 21.6. The molecule has 31 heavy (non-hydrogen) atoms. The fourth-order valence-corrected chi connectivity index (χ4v) is 4.06. The number of nitrogens with one attached hydrogen (secondary N) is 1. The van der Waals surface area contributed by atoms with Crippen molar-refractivity contribution >= 4 is 40.6 Å². The molecule has 1 saturated heterocycles. The number of aromatic nitrogens is 2. The van der Waals surface area contributed by atoms with Crippen LogP contribution in [0.25, 0.3) is 0 Å². The number of anilines is 2. The molecule has 1 aliphatic heterocycles. The summed E-state index contributed by atoms with van der Waals surface area (Å²) in [6.45, 7) is 4.11. The number of rotatable bonds is 7. The van der Waals surface area contributed by atoms with Gasteiger partial charge in [0.1, 0.15) is 11.6 Å². The van der Waals surface area contributed by atoms with Crippen molar-refractivity contribution in [2.45, 2.75) is 13.0 Å². The molecule has 3 aromatic rings. The Labute approximate surface area is 191 Å². The number of carbonyl (C=O) groups excluding carboxylic acids is 1. The molecule has 0 spiro atoms. The van der Waals surface area contributed by atoms with Gasteiger partial charge in [-0.15, -0.1) is 0 Å². The van der Waals surface area contributed by atoms with Crippen LogP contribution in [0, 0.1) is 0 Å². The van der Waals surface area contributed by atoms with Gasteiger partial charge in [0.15, 0.2) is 5.78 Å². The van der Waals surface area contributed by atoms with Crippen LogP contribution >= 0.6 is 23.2 Å². The molecule has 0 amide bonds. The fourth-order valence-electron chi connectivity index (χ4n) is 3.45. The van der Waals surface area contributed by atoms with Crippen LogP contribution in [0.2, 0.25) is 10.0 Å². The van der Waals surface area contributed by atoms with Crippen molar-refractivity contribution in [2.24, 2.45) is 0 Å². The van der Waals surface area contributed by atoms with E-state index in [1.165, 1.54) is 0 Å². The number of pyridine rings is 2. The Hall–Kier alpha value is -2.51. The SMILES string of the molecule is O=C(Cc1ccnc(Nc2cccc(CN3CCOCC3)n2)c1)c1c(Cl)cccc1Cl. The molecule has 1 N–H and O–H groups in total. The highest BCUT2D eigenvalue weighted by Crippen LogP contribution is 2.26. The lowest BCUT2D eigenvalue weighted by atomic mass is 10.0. The van der Waals surface area contributed by atoms with E-state index >= 15 is 0 Å². The lowest BCUT2D eigenvalue weighted by Gasteiger charge is -2.26. The van der Waals surface area contributed by atoms with E-state index in [1.807, 2.05) is 24.3 Å². The number of nitrogens with zero attached hydrogens (tertiary/aromatic N) is 3. The first-order valence-electron chi connectivity index (χ1n) is 10.0. The monoisotopic (exact) mass is 456 g/mol. The van der Waals surface area contributed by atoms with Crippen molar-refractivity contribution in [1.82, 2.24) is 14.9 Å². The fraction of sp³-hybridized carbons (Fsp3) is 0.261. The molecule has 0 saturated carbocycles. The highest BCUT2D eigenvalue weighted by Gasteiger charge is 2.16. The minimum Gasteiger partial charge on any atom is -0.379 e. The Morgan fingerprint density at radius 2 is 1.77 bits per heavy atom. The number of ketones is 1. The molecule has 0 atom stereocenters. The minimum atomic E-state index is -0.140. The van der Waals surface area contributed by atoms with Gasteiger partial charge < -0.3 is 10.1 Å². The second-order valence-corrected chi connectivity index (χ2v) is 8.09. The lowest BCUT2D eigenvalue weighted by molar-refractivity contribution is 0.0337. The predicted molar refractivity (Wildman–Crippen MR) is 122 cm³/mol. The van der Waals surface area contributed by atoms with Crippen LogP contribution in [-0.2, 0) is 17.7 Å². The maximum atomic E-state index is 12.7. The first-order valence-corrected chi connectivity index (χ1v) is 10.8. The number of Topliss-reactive ketones (excluding diaryl/α,β-unsaturated/α-hetero) is 1. The second kappa shape index (κ2) is 10.2. The molecule has 3 heterocycles. The Balaban J connectivity index is 1.44. The summed E-state index contributed by atoms with van der Waals surface area (Å²) in [5.41, 5.74) is 2.13. The van der Waals surface area contributed by atoms with E-state index in [4.69, 9.17) is 27.9 Å². The molecule has 1 fully saturated rings. The third-order valence-electron chi connectivity index (χ3n) is 4.98. The highest BCUT2D eigenvalue weighted by molar-refractivity contribution is 6.39. The van der Waals surface area contributed by atoms with Crippen LogP contribution in [-0.4, -0.2) is 47.0 Å². The van der Waals surface area contributed by atoms with Gasteiger partial charge >= 0.3 is 0 Å². The van der Waals surface area contributed by atoms with E-state index in [0.29, 0.717) is 27.2 Å². The van der Waals surface area contributed by atoms with Crippen LogP contribution in [0.1, 0.15) is 21.6 Å². The van der Waals surface area contributed by atoms with Crippen molar-refractivity contribution < 1.29 is 9.53 Å². The van der Waals surface area contributed by atoms with E-state index in [1.54, 1.807) is 30.5 Å². The topological polar surface area (TPSA) is 67.4 Å². The predicted octanol–water partition coefficient (Wildman–Crippen LogP) is 4.78. The van der Waals surface area contributed by atoms with Crippen molar-refractivity contribution in [2.75, 3.05) is 31.6 Å². The summed E-state index contributed by atoms with van der Waals surface area (Å²) in [4.78, 5) is 24.1. The molecule has 8 heteroatoms. The van der Waals surface area contributed by atoms with Crippen LogP contribution in [0.4, 0.5) is 11.6 Å². The molecule has 4 rings (SSSR count). The van der Waals surface area contributed by atoms with Crippen LogP contribution in [0.5, 0.6) is 0 Å². The van der Waals surface area contributed by atoms with Crippen molar-refractivity contribution in [3.05, 3.63) is 81.6 Å². The van der Waals surface area contributed by atoms with Crippen molar-refractivity contribution in [3.8, 4) is 0 Å². The highest BCUT2D eigenvalue weighted by atomic mass is 35.5. The molecule has 0 unspecified atom stereocenters. The zero-order valence-corrected chi connectivity index (χ0v) is 18.4. The van der Waals surface area contributed by atoms with Crippen molar-refractivity contribution in [3.63, 3.8) is 0 Å². The number of benzene rings is 1. The second-order valence-electron chi connectivity index (χ2n) is 7.27. The number of ether oxygens (including phenoxy) is 1. The molecule has 0 bridgehead atoms. The average molecular weight is 457 g/mol. The van der Waals surface area contributed by atoms with Gasteiger partial charge in [-0.3, -0.25) is 9.69 Å². The number of morpholine rings is 1. The Kier molecular flexibility index (Phi) is 7.14. The average Bonchev–Trinajstić information content (AvgIpc) is 2.75. The maximum Gasteiger partial charge on any atom is 0.170 e. The zero-order valence-electron chi connectivity index (χ0n) is 16.9. The summed E-state index contributed by atoms with van der Waals surface area (Å²) in [7, 11) is 0. The van der Waals surface area contributed by atoms with E-state index in [9.17, 15) is 4.79 Å². The largest absolute Gasteiger partial charge is 0.379 e. The summed E-state index contributed by atoms with van der Waals surface area (Å²) < 4.78 is 5.40. The number of hydrogen-bond donors (Lipinski definition) is 1. The molecule has 160 valence electrons. The smallest absolute Gasteiger partial charge is 0.170 e. The Morgan fingerprint density at radius 1 is 1.03 bits per heavy atom. The van der Waals surface area contributed by atoms with Gasteiger partial charge in [0.05, 0.1) is 34.5 Å². The molecule has 6 nitrogen and oxygen atoms in total. The van der Waals surface area contributed by atoms with E-state index in [-0.39, 0.29) is 12.2 Å². The first-order chi connectivity index (χ1) is 15.1. The Morgan fingerprint density at radius 3 is 2.55 bits per heavy atom. The van der Waals surface area contributed by atoms with Crippen molar-refractivity contribution in [1.29, 1.82) is 0 Å². The summed E-state index contributed by atoms with van der Waals surface area (Å²) in [6, 6.07) is 14.6. The van der Waals surface area contributed by atoms with Crippen LogP contribution < -0.4 is 5.32 Å². The third-order valence-corrected chi connectivity index (χ3v) is 5.61. The van der Waals surface area contributed by atoms with Gasteiger partial charge in [-0.1, -0.05) is 35.3 Å². The quantitative estimate of drug-likeness (QED) is 0.515. The first kappa shape index (κ1) is 21.7. The van der Waals surface area contributed by atoms with Gasteiger partial charge in [0.2, 0.25) is 0 Å². The maximum absolute atomic E-state index is 12.7. The molecule has 1 aromatic carbocycles. The van der Waals surface area contributed by atoms with Crippen LogP contribution in [0.15, 0.2) is 54.7 Å². The molecular weight excluding hydrogens is 435 g/mol. The lowest BCUT2D eigenvalue weighted by Crippen LogP contribution is -2.35. The number of hydrogen-bond acceptors (Lipinski definition) is 6. The summed E-state index contributed by atoms with van der Waals surface area (Å²) >= 11 is 12.3. The molecule has 1 aliphatic rings. The van der Waals surface area contributed by atoms with Gasteiger partial charge in [-0.05, 0) is 42.0 Å². The molecule has 0 aliphatic carbocycles. The van der Waals surface area contributed by atoms with Gasteiger partial charge in [0, 0.05) is 32.3 Å². The summed E-state index contributed by atoms with van der Waals surface area (Å²) in [5.74, 6) is 1.18. The normalized spacial score (nSPS) is 14.4. The molecular formula is C23H22Cl2N4O2. The van der Waals surface area contributed by atoms with Gasteiger partial charge in [0.25, 0.3) is 0 Å². The summed E-state index contributed by atoms with van der Waals surface area (Å²) in [6.07, 6.45) is 1.84. The van der Waals surface area contributed by atoms with Gasteiger partial charge in [-0.25, -0.2) is 9.97 Å². The molecule has 2 aromatic heterocycles. The van der Waals surface area contributed by atoms with E-state index < -0.39 is 0 Å². The van der Waals surface area contributed by atoms with E-state index in [2.05, 4.69) is 20.2 Å². The number of carbonyl (C=O) groups is 1. The third kappa shape index (κ3) is 5.80. The summed E-state index contributed by atoms with van der Waals surface area (Å²) in [5, 5.41) is 3.93. The van der Waals surface area contributed by atoms with Gasteiger partial charge in [-0.2, -0.15) is 0 Å². The Bertz CT molecular complexity index is 1050. The molecule has 0 radical (unpaired) electrons. The minimum absolute atomic E-state index is 0.140. The van der Waals surface area contributed by atoms with Crippen LogP contribution in [0.3, 0.4) is 0 Å². The number of halogens is 2. The standard InChI is InChI=1S/C23H22Cl2N4O2/c24-18-4-2-5-19(25)23(18)20(30)13-16-7-8-26-22(14-16)28-21-6-1-3-17(27-21)15-29-9-11-31-12-10-29/h1-8,14H,9-13,15H2,(H,26,27,28). The van der Waals surface area contributed by atoms with E-state index in [0.717, 1.165) is 44.1 Å².